The van der Waals surface area contributed by atoms with E-state index in [0.29, 0.717) is 6.04 Å². The first kappa shape index (κ1) is 15.4. The van der Waals surface area contributed by atoms with Gasteiger partial charge in [-0.2, -0.15) is 0 Å². The van der Waals surface area contributed by atoms with Gasteiger partial charge in [0.1, 0.15) is 0 Å². The first-order chi connectivity index (χ1) is 9.67. The molecule has 1 aromatic rings. The Hall–Kier alpha value is -0.970. The molecule has 0 aliphatic carbocycles. The Bertz CT molecular complexity index is 395. The summed E-state index contributed by atoms with van der Waals surface area (Å²) in [6.45, 7) is 7.73. The minimum atomic E-state index is 0.167. The van der Waals surface area contributed by atoms with Crippen LogP contribution in [0, 0.1) is 0 Å². The van der Waals surface area contributed by atoms with Gasteiger partial charge in [0.25, 0.3) is 0 Å². The first-order valence-corrected chi connectivity index (χ1v) is 7.77. The topological polar surface area (TPSA) is 45.4 Å². The molecule has 2 heterocycles. The molecule has 3 unspecified atom stereocenters. The molecule has 2 rings (SSSR count). The molecule has 1 fully saturated rings. The maximum atomic E-state index is 6.42. The van der Waals surface area contributed by atoms with Crippen LogP contribution in [0.4, 0.5) is 0 Å². The van der Waals surface area contributed by atoms with Gasteiger partial charge in [0, 0.05) is 44.1 Å². The zero-order valence-corrected chi connectivity index (χ0v) is 13.0. The lowest BCUT2D eigenvalue weighted by atomic mass is 9.95. The van der Waals surface area contributed by atoms with Gasteiger partial charge in [-0.3, -0.25) is 9.88 Å². The lowest BCUT2D eigenvalue weighted by Gasteiger charge is -2.44. The number of piperazine rings is 1. The highest BCUT2D eigenvalue weighted by molar-refractivity contribution is 5.17. The fourth-order valence-electron chi connectivity index (χ4n) is 3.17. The number of hydrogen-bond donors (Lipinski definition) is 1. The highest BCUT2D eigenvalue weighted by Gasteiger charge is 2.31. The van der Waals surface area contributed by atoms with E-state index in [0.717, 1.165) is 26.1 Å². The second kappa shape index (κ2) is 7.16. The third kappa shape index (κ3) is 3.37. The van der Waals surface area contributed by atoms with Crippen LogP contribution in [0.15, 0.2) is 24.5 Å². The summed E-state index contributed by atoms with van der Waals surface area (Å²) in [5.74, 6) is 0. The molecule has 0 aromatic carbocycles. The highest BCUT2D eigenvalue weighted by Crippen LogP contribution is 2.27. The molecule has 1 aromatic heterocycles. The fraction of sp³-hybridized carbons (Fsp3) is 0.688. The third-order valence-electron chi connectivity index (χ3n) is 4.58. The summed E-state index contributed by atoms with van der Waals surface area (Å²) < 4.78 is 0. The second-order valence-corrected chi connectivity index (χ2v) is 5.84. The largest absolute Gasteiger partial charge is 0.326 e. The standard InChI is InChI=1S/C16H28N4/c1-4-14-12-20(10-9-19(14)3)16(15(17)5-2)13-7-6-8-18-11-13/h6-8,11,14-16H,4-5,9-10,12,17H2,1-3H3. The van der Waals surface area contributed by atoms with Crippen LogP contribution in [-0.2, 0) is 0 Å². The average Bonchev–Trinajstić information content (AvgIpc) is 2.50. The summed E-state index contributed by atoms with van der Waals surface area (Å²) in [5.41, 5.74) is 7.67. The van der Waals surface area contributed by atoms with Crippen molar-refractivity contribution in [1.82, 2.24) is 14.8 Å². The number of pyridine rings is 1. The van der Waals surface area contributed by atoms with Gasteiger partial charge in [0.2, 0.25) is 0 Å². The summed E-state index contributed by atoms with van der Waals surface area (Å²) in [5, 5.41) is 0. The molecule has 112 valence electrons. The molecule has 4 heteroatoms. The Kier molecular flexibility index (Phi) is 5.52. The van der Waals surface area contributed by atoms with E-state index in [9.17, 15) is 0 Å². The van der Waals surface area contributed by atoms with Crippen LogP contribution in [0.5, 0.6) is 0 Å². The Morgan fingerprint density at radius 1 is 1.40 bits per heavy atom. The molecular weight excluding hydrogens is 248 g/mol. The molecule has 1 aliphatic rings. The van der Waals surface area contributed by atoms with Crippen molar-refractivity contribution >= 4 is 0 Å². The lowest BCUT2D eigenvalue weighted by molar-refractivity contribution is 0.0523. The van der Waals surface area contributed by atoms with Crippen molar-refractivity contribution in [1.29, 1.82) is 0 Å². The van der Waals surface area contributed by atoms with Gasteiger partial charge in [-0.25, -0.2) is 0 Å². The van der Waals surface area contributed by atoms with Crippen LogP contribution in [0.25, 0.3) is 0 Å². The number of aromatic nitrogens is 1. The van der Waals surface area contributed by atoms with E-state index in [1.165, 1.54) is 12.0 Å². The van der Waals surface area contributed by atoms with E-state index in [4.69, 9.17) is 5.73 Å². The first-order valence-electron chi connectivity index (χ1n) is 7.77. The molecule has 0 radical (unpaired) electrons. The molecule has 4 nitrogen and oxygen atoms in total. The number of nitrogens with two attached hydrogens (primary N) is 1. The van der Waals surface area contributed by atoms with E-state index >= 15 is 0 Å². The number of nitrogens with zero attached hydrogens (tertiary/aromatic N) is 3. The Morgan fingerprint density at radius 3 is 2.80 bits per heavy atom. The molecule has 1 saturated heterocycles. The van der Waals surface area contributed by atoms with Crippen LogP contribution < -0.4 is 5.73 Å². The number of rotatable bonds is 5. The van der Waals surface area contributed by atoms with Crippen molar-refractivity contribution in [2.75, 3.05) is 26.7 Å². The van der Waals surface area contributed by atoms with Gasteiger partial charge in [-0.05, 0) is 31.5 Å². The maximum absolute atomic E-state index is 6.42. The van der Waals surface area contributed by atoms with Crippen molar-refractivity contribution in [2.24, 2.45) is 5.73 Å². The minimum Gasteiger partial charge on any atom is -0.326 e. The number of hydrogen-bond acceptors (Lipinski definition) is 4. The molecule has 20 heavy (non-hydrogen) atoms. The van der Waals surface area contributed by atoms with Gasteiger partial charge in [0.15, 0.2) is 0 Å². The van der Waals surface area contributed by atoms with Gasteiger partial charge < -0.3 is 10.6 Å². The SMILES string of the molecule is CCC(N)C(c1cccnc1)N1CCN(C)C(CC)C1. The summed E-state index contributed by atoms with van der Waals surface area (Å²) in [6.07, 6.45) is 5.98. The second-order valence-electron chi connectivity index (χ2n) is 5.84. The molecule has 0 saturated carbocycles. The smallest absolute Gasteiger partial charge is 0.0515 e. The minimum absolute atomic E-state index is 0.167. The predicted molar refractivity (Wildman–Crippen MR) is 83.5 cm³/mol. The maximum Gasteiger partial charge on any atom is 0.0515 e. The Balaban J connectivity index is 2.19. The van der Waals surface area contributed by atoms with Crippen molar-refractivity contribution < 1.29 is 0 Å². The van der Waals surface area contributed by atoms with E-state index < -0.39 is 0 Å². The monoisotopic (exact) mass is 276 g/mol. The van der Waals surface area contributed by atoms with Crippen LogP contribution >= 0.6 is 0 Å². The van der Waals surface area contributed by atoms with Gasteiger partial charge in [0.05, 0.1) is 6.04 Å². The van der Waals surface area contributed by atoms with Crippen molar-refractivity contribution in [3.8, 4) is 0 Å². The Labute approximate surface area is 123 Å². The molecule has 0 amide bonds. The van der Waals surface area contributed by atoms with Crippen LogP contribution in [0.1, 0.15) is 38.3 Å². The van der Waals surface area contributed by atoms with E-state index in [1.807, 2.05) is 18.5 Å². The normalized spacial score (nSPS) is 24.5. The van der Waals surface area contributed by atoms with E-state index in [1.54, 1.807) is 0 Å². The molecular formula is C16H28N4. The van der Waals surface area contributed by atoms with Gasteiger partial charge >= 0.3 is 0 Å². The van der Waals surface area contributed by atoms with Crippen molar-refractivity contribution in [3.05, 3.63) is 30.1 Å². The van der Waals surface area contributed by atoms with Crippen LogP contribution in [0.2, 0.25) is 0 Å². The lowest BCUT2D eigenvalue weighted by Crippen LogP contribution is -2.54. The summed E-state index contributed by atoms with van der Waals surface area (Å²) in [4.78, 5) is 9.30. The highest BCUT2D eigenvalue weighted by atomic mass is 15.3. The Morgan fingerprint density at radius 2 is 2.20 bits per heavy atom. The van der Waals surface area contributed by atoms with Crippen molar-refractivity contribution in [3.63, 3.8) is 0 Å². The third-order valence-corrected chi connectivity index (χ3v) is 4.58. The zero-order chi connectivity index (χ0) is 14.5. The predicted octanol–water partition coefficient (Wildman–Crippen LogP) is 1.89. The quantitative estimate of drug-likeness (QED) is 0.892. The molecule has 2 N–H and O–H groups in total. The fourth-order valence-corrected chi connectivity index (χ4v) is 3.17. The summed E-state index contributed by atoms with van der Waals surface area (Å²) in [7, 11) is 2.23. The van der Waals surface area contributed by atoms with E-state index in [-0.39, 0.29) is 12.1 Å². The molecule has 3 atom stereocenters. The average molecular weight is 276 g/mol. The molecule has 0 bridgehead atoms. The molecule has 1 aliphatic heterocycles. The number of likely N-dealkylation sites (N-methyl/N-ethyl adjacent to an activating group) is 1. The zero-order valence-electron chi connectivity index (χ0n) is 13.0. The van der Waals surface area contributed by atoms with Crippen LogP contribution in [-0.4, -0.2) is 53.5 Å². The summed E-state index contributed by atoms with van der Waals surface area (Å²) in [6, 6.07) is 5.26. The molecule has 0 spiro atoms. The van der Waals surface area contributed by atoms with E-state index in [2.05, 4.69) is 41.7 Å². The summed E-state index contributed by atoms with van der Waals surface area (Å²) >= 11 is 0. The van der Waals surface area contributed by atoms with Crippen molar-refractivity contribution in [2.45, 2.75) is 44.8 Å². The van der Waals surface area contributed by atoms with Gasteiger partial charge in [-0.15, -0.1) is 0 Å². The van der Waals surface area contributed by atoms with Gasteiger partial charge in [-0.1, -0.05) is 19.9 Å². The van der Waals surface area contributed by atoms with Crippen LogP contribution in [0.3, 0.4) is 0 Å².